The van der Waals surface area contributed by atoms with Gasteiger partial charge in [0.1, 0.15) is 0 Å². The van der Waals surface area contributed by atoms with Gasteiger partial charge in [-0.25, -0.2) is 0 Å². The van der Waals surface area contributed by atoms with Crippen LogP contribution >= 0.6 is 24.0 Å². The molecular formula is C18H31IN4O2. The molecule has 1 spiro atoms. The zero-order valence-electron chi connectivity index (χ0n) is 15.5. The molecule has 1 amide bonds. The number of nitrogens with zero attached hydrogens (tertiary/aromatic N) is 2. The van der Waals surface area contributed by atoms with E-state index in [0.29, 0.717) is 24.5 Å². The van der Waals surface area contributed by atoms with E-state index in [-0.39, 0.29) is 40.7 Å². The fraction of sp³-hybridized carbons (Fsp3) is 0.889. The van der Waals surface area contributed by atoms with Crippen LogP contribution in [0.1, 0.15) is 39.5 Å². The second-order valence-corrected chi connectivity index (χ2v) is 8.71. The summed E-state index contributed by atoms with van der Waals surface area (Å²) in [5.74, 6) is 1.80. The average molecular weight is 462 g/mol. The maximum absolute atomic E-state index is 11.7. The number of rotatable bonds is 1. The van der Waals surface area contributed by atoms with E-state index < -0.39 is 0 Å². The number of hydrogen-bond donors (Lipinski definition) is 2. The lowest BCUT2D eigenvalue weighted by Gasteiger charge is -2.55. The van der Waals surface area contributed by atoms with Crippen LogP contribution in [0, 0.1) is 16.7 Å². The van der Waals surface area contributed by atoms with Gasteiger partial charge >= 0.3 is 0 Å². The van der Waals surface area contributed by atoms with Crippen molar-refractivity contribution in [3.05, 3.63) is 0 Å². The Labute approximate surface area is 167 Å². The van der Waals surface area contributed by atoms with Crippen LogP contribution in [0.5, 0.6) is 0 Å². The first-order chi connectivity index (χ1) is 11.5. The minimum absolute atomic E-state index is 0. The summed E-state index contributed by atoms with van der Waals surface area (Å²) in [6.45, 7) is 8.23. The summed E-state index contributed by atoms with van der Waals surface area (Å²) >= 11 is 0. The van der Waals surface area contributed by atoms with E-state index in [2.05, 4.69) is 34.4 Å². The number of carbonyl (C=O) groups is 1. The third-order valence-electron chi connectivity index (χ3n) is 6.75. The summed E-state index contributed by atoms with van der Waals surface area (Å²) in [4.78, 5) is 18.7. The molecule has 6 nitrogen and oxygen atoms in total. The van der Waals surface area contributed by atoms with Crippen molar-refractivity contribution >= 4 is 35.8 Å². The largest absolute Gasteiger partial charge is 0.377 e. The van der Waals surface area contributed by atoms with Crippen LogP contribution in [0.25, 0.3) is 0 Å². The van der Waals surface area contributed by atoms with Gasteiger partial charge in [-0.1, -0.05) is 13.8 Å². The molecule has 0 radical (unpaired) electrons. The Morgan fingerprint density at radius 3 is 2.92 bits per heavy atom. The number of ether oxygens (including phenoxy) is 1. The third-order valence-corrected chi connectivity index (χ3v) is 6.75. The first kappa shape index (κ1) is 19.2. The average Bonchev–Trinajstić information content (AvgIpc) is 3.14. The van der Waals surface area contributed by atoms with E-state index in [1.165, 1.54) is 0 Å². The number of guanidine groups is 1. The van der Waals surface area contributed by atoms with Gasteiger partial charge in [0.05, 0.1) is 6.10 Å². The molecule has 25 heavy (non-hydrogen) atoms. The lowest BCUT2D eigenvalue weighted by molar-refractivity contribution is -0.119. The molecule has 4 rings (SSSR count). The molecular weight excluding hydrogens is 431 g/mol. The molecule has 2 N–H and O–H groups in total. The number of carbonyl (C=O) groups excluding carboxylic acids is 1. The van der Waals surface area contributed by atoms with Gasteiger partial charge < -0.3 is 20.3 Å². The van der Waals surface area contributed by atoms with E-state index in [1.54, 1.807) is 0 Å². The molecule has 0 aromatic heterocycles. The summed E-state index contributed by atoms with van der Waals surface area (Å²) in [6.07, 6.45) is 4.45. The quantitative estimate of drug-likeness (QED) is 0.353. The molecule has 3 aliphatic heterocycles. The molecule has 1 aliphatic carbocycles. The molecule has 3 heterocycles. The maximum Gasteiger partial charge on any atom is 0.220 e. The van der Waals surface area contributed by atoms with E-state index in [4.69, 9.17) is 4.74 Å². The van der Waals surface area contributed by atoms with Gasteiger partial charge in [-0.15, -0.1) is 24.0 Å². The molecule has 142 valence electrons. The molecule has 1 saturated carbocycles. The Bertz CT molecular complexity index is 567. The van der Waals surface area contributed by atoms with Gasteiger partial charge in [-0.3, -0.25) is 9.79 Å². The summed E-state index contributed by atoms with van der Waals surface area (Å²) in [5, 5.41) is 6.76. The molecule has 0 bridgehead atoms. The fourth-order valence-electron chi connectivity index (χ4n) is 5.48. The van der Waals surface area contributed by atoms with Gasteiger partial charge in [0.2, 0.25) is 5.91 Å². The summed E-state index contributed by atoms with van der Waals surface area (Å²) in [7, 11) is 1.87. The molecule has 4 aliphatic rings. The SMILES string of the molecule is CN=C(NC1C2CCOC2C1(C)C)N1CCCC2(CNC(=O)C2)C1.I. The summed E-state index contributed by atoms with van der Waals surface area (Å²) in [6, 6.07) is 0.421. The van der Waals surface area contributed by atoms with E-state index in [9.17, 15) is 4.79 Å². The molecule has 0 aromatic carbocycles. The number of piperidine rings is 1. The third kappa shape index (κ3) is 3.15. The number of likely N-dealkylation sites (tertiary alicyclic amines) is 1. The minimum Gasteiger partial charge on any atom is -0.377 e. The smallest absolute Gasteiger partial charge is 0.220 e. The van der Waals surface area contributed by atoms with Crippen molar-refractivity contribution in [2.24, 2.45) is 21.7 Å². The second-order valence-electron chi connectivity index (χ2n) is 8.71. The first-order valence-corrected chi connectivity index (χ1v) is 9.32. The van der Waals surface area contributed by atoms with Gasteiger partial charge in [0.25, 0.3) is 0 Å². The number of hydrogen-bond acceptors (Lipinski definition) is 3. The molecule has 4 atom stereocenters. The van der Waals surface area contributed by atoms with Crippen molar-refractivity contribution in [3.63, 3.8) is 0 Å². The Balaban J connectivity index is 0.00000182. The van der Waals surface area contributed by atoms with Crippen molar-refractivity contribution < 1.29 is 9.53 Å². The standard InChI is InChI=1S/C18H30N4O2.HI/c1-17(2)14(12-5-8-24-15(12)17)21-16(19-3)22-7-4-6-18(11-22)9-13(23)20-10-18;/h12,14-15H,4-11H2,1-3H3,(H,19,21)(H,20,23);1H. The van der Waals surface area contributed by atoms with Crippen molar-refractivity contribution in [1.29, 1.82) is 0 Å². The zero-order chi connectivity index (χ0) is 16.9. The number of halogens is 1. The fourth-order valence-corrected chi connectivity index (χ4v) is 5.48. The normalized spacial score (nSPS) is 39.5. The summed E-state index contributed by atoms with van der Waals surface area (Å²) in [5.41, 5.74) is 0.247. The van der Waals surface area contributed by atoms with Gasteiger partial charge in [0.15, 0.2) is 5.96 Å². The number of aliphatic imine (C=N–C) groups is 1. The van der Waals surface area contributed by atoms with Crippen LogP contribution in [-0.2, 0) is 9.53 Å². The molecule has 7 heteroatoms. The highest BCUT2D eigenvalue weighted by Crippen LogP contribution is 2.52. The molecule has 0 aromatic rings. The van der Waals surface area contributed by atoms with Crippen LogP contribution in [0.2, 0.25) is 0 Å². The Morgan fingerprint density at radius 2 is 2.24 bits per heavy atom. The highest BCUT2D eigenvalue weighted by atomic mass is 127. The van der Waals surface area contributed by atoms with Gasteiger partial charge in [-0.05, 0) is 19.3 Å². The zero-order valence-corrected chi connectivity index (χ0v) is 17.8. The lowest BCUT2D eigenvalue weighted by atomic mass is 9.57. The van der Waals surface area contributed by atoms with E-state index in [1.807, 2.05) is 7.05 Å². The first-order valence-electron chi connectivity index (χ1n) is 9.32. The number of amides is 1. The monoisotopic (exact) mass is 462 g/mol. The molecule has 3 saturated heterocycles. The van der Waals surface area contributed by atoms with Crippen LogP contribution < -0.4 is 10.6 Å². The highest BCUT2D eigenvalue weighted by molar-refractivity contribution is 14.0. The highest BCUT2D eigenvalue weighted by Gasteiger charge is 2.59. The molecule has 4 fully saturated rings. The Hall–Kier alpha value is -0.570. The van der Waals surface area contributed by atoms with E-state index in [0.717, 1.165) is 51.5 Å². The lowest BCUT2D eigenvalue weighted by Crippen LogP contribution is -2.68. The van der Waals surface area contributed by atoms with Crippen molar-refractivity contribution in [3.8, 4) is 0 Å². The predicted molar refractivity (Wildman–Crippen MR) is 108 cm³/mol. The number of nitrogens with one attached hydrogen (secondary N) is 2. The van der Waals surface area contributed by atoms with Gasteiger partial charge in [0, 0.05) is 62.5 Å². The van der Waals surface area contributed by atoms with Crippen molar-refractivity contribution in [2.75, 3.05) is 33.3 Å². The topological polar surface area (TPSA) is 66.0 Å². The summed E-state index contributed by atoms with van der Waals surface area (Å²) < 4.78 is 5.91. The maximum atomic E-state index is 11.7. The van der Waals surface area contributed by atoms with Gasteiger partial charge in [-0.2, -0.15) is 0 Å². The Morgan fingerprint density at radius 1 is 1.44 bits per heavy atom. The van der Waals surface area contributed by atoms with Crippen molar-refractivity contribution in [2.45, 2.75) is 51.7 Å². The van der Waals surface area contributed by atoms with Crippen LogP contribution in [-0.4, -0.2) is 62.2 Å². The minimum atomic E-state index is 0. The van der Waals surface area contributed by atoms with Crippen molar-refractivity contribution in [1.82, 2.24) is 15.5 Å². The van der Waals surface area contributed by atoms with Crippen LogP contribution in [0.15, 0.2) is 4.99 Å². The molecule has 4 unspecified atom stereocenters. The van der Waals surface area contributed by atoms with E-state index >= 15 is 0 Å². The van der Waals surface area contributed by atoms with Crippen LogP contribution in [0.4, 0.5) is 0 Å². The second kappa shape index (κ2) is 6.87. The Kier molecular flexibility index (Phi) is 5.27. The van der Waals surface area contributed by atoms with Crippen LogP contribution in [0.3, 0.4) is 0 Å². The number of fused-ring (bicyclic) bond motifs is 1. The predicted octanol–water partition coefficient (Wildman–Crippen LogP) is 1.60.